The number of rotatable bonds is 10. The Labute approximate surface area is 372 Å². The van der Waals surface area contributed by atoms with Gasteiger partial charge < -0.3 is 9.80 Å². The number of anilines is 6. The molecule has 0 spiro atoms. The van der Waals surface area contributed by atoms with Crippen molar-refractivity contribution in [2.45, 2.75) is 0 Å². The molecule has 0 aliphatic heterocycles. The highest BCUT2D eigenvalue weighted by molar-refractivity contribution is 7.24. The third-order valence-corrected chi connectivity index (χ3v) is 13.1. The molecule has 0 N–H and O–H groups in total. The molecule has 0 aliphatic rings. The van der Waals surface area contributed by atoms with Crippen LogP contribution in [-0.4, -0.2) is 0 Å². The first-order valence-corrected chi connectivity index (χ1v) is 22.3. The molecular weight excluding hydrogens is 781 g/mol. The Morgan fingerprint density at radius 2 is 0.556 bits per heavy atom. The smallest absolute Gasteiger partial charge is 0.0463 e. The number of thiophene rings is 1. The Hall–Kier alpha value is -7.98. The summed E-state index contributed by atoms with van der Waals surface area (Å²) in [6.45, 7) is 0. The molecule has 0 saturated carbocycles. The highest BCUT2D eigenvalue weighted by atomic mass is 32.1. The number of nitrogens with zero attached hydrogens (tertiary/aromatic N) is 2. The summed E-state index contributed by atoms with van der Waals surface area (Å²) in [7, 11) is 0. The van der Waals surface area contributed by atoms with E-state index in [4.69, 9.17) is 0 Å². The van der Waals surface area contributed by atoms with Crippen molar-refractivity contribution in [2.24, 2.45) is 0 Å². The van der Waals surface area contributed by atoms with Crippen LogP contribution < -0.4 is 9.80 Å². The summed E-state index contributed by atoms with van der Waals surface area (Å²) >= 11 is 1.91. The van der Waals surface area contributed by atoms with Gasteiger partial charge in [0.1, 0.15) is 0 Å². The number of hydrogen-bond donors (Lipinski definition) is 0. The molecule has 11 rings (SSSR count). The molecular formula is C60H42N2S. The molecule has 0 radical (unpaired) electrons. The van der Waals surface area contributed by atoms with Gasteiger partial charge in [0.05, 0.1) is 0 Å². The van der Waals surface area contributed by atoms with Crippen LogP contribution in [0, 0.1) is 0 Å². The Balaban J connectivity index is 1.08. The molecule has 0 atom stereocenters. The van der Waals surface area contributed by atoms with E-state index < -0.39 is 0 Å². The van der Waals surface area contributed by atoms with E-state index in [0.29, 0.717) is 0 Å². The summed E-state index contributed by atoms with van der Waals surface area (Å²) in [6, 6.07) is 91.7. The fourth-order valence-electron chi connectivity index (χ4n) is 9.04. The maximum Gasteiger partial charge on any atom is 0.0463 e. The largest absolute Gasteiger partial charge is 0.311 e. The van der Waals surface area contributed by atoms with Crippen molar-refractivity contribution in [3.05, 3.63) is 255 Å². The zero-order valence-corrected chi connectivity index (χ0v) is 35.4. The van der Waals surface area contributed by atoms with E-state index in [9.17, 15) is 0 Å². The van der Waals surface area contributed by atoms with Gasteiger partial charge in [0, 0.05) is 60.2 Å². The minimum atomic E-state index is 1.08. The third-order valence-electron chi connectivity index (χ3n) is 11.8. The maximum absolute atomic E-state index is 2.35. The second-order valence-corrected chi connectivity index (χ2v) is 16.7. The van der Waals surface area contributed by atoms with E-state index in [0.717, 1.165) is 34.1 Å². The minimum absolute atomic E-state index is 1.08. The van der Waals surface area contributed by atoms with Gasteiger partial charge in [-0.05, 0) is 111 Å². The SMILES string of the molecule is c1ccc(-c2sc3c(-c4ccccc4)c(-c4ccc(N(c5ccccc5)c5ccc(N(c6ccccc6)c6ccccc6)cc5)cc4)c4ccccc4c3c2-c2ccccc2)cc1. The Bertz CT molecular complexity index is 3240. The number of para-hydroxylation sites is 3. The highest BCUT2D eigenvalue weighted by Gasteiger charge is 2.25. The first-order chi connectivity index (χ1) is 31.3. The lowest BCUT2D eigenvalue weighted by atomic mass is 9.86. The molecule has 63 heavy (non-hydrogen) atoms. The predicted octanol–water partition coefficient (Wildman–Crippen LogP) is 17.7. The molecule has 1 heterocycles. The molecule has 298 valence electrons. The molecule has 3 heteroatoms. The fraction of sp³-hybridized carbons (Fsp3) is 0. The molecule has 11 aromatic rings. The summed E-state index contributed by atoms with van der Waals surface area (Å²) in [5, 5.41) is 3.80. The van der Waals surface area contributed by atoms with Crippen molar-refractivity contribution in [3.8, 4) is 43.8 Å². The van der Waals surface area contributed by atoms with Crippen molar-refractivity contribution in [3.63, 3.8) is 0 Å². The van der Waals surface area contributed by atoms with E-state index in [2.05, 4.69) is 265 Å². The van der Waals surface area contributed by atoms with Crippen molar-refractivity contribution >= 4 is 66.3 Å². The molecule has 10 aromatic carbocycles. The van der Waals surface area contributed by atoms with Crippen LogP contribution >= 0.6 is 11.3 Å². The van der Waals surface area contributed by atoms with Crippen LogP contribution in [0.5, 0.6) is 0 Å². The first-order valence-electron chi connectivity index (χ1n) is 21.4. The summed E-state index contributed by atoms with van der Waals surface area (Å²) in [6.07, 6.45) is 0. The molecule has 1 aromatic heterocycles. The molecule has 2 nitrogen and oxygen atoms in total. The average molecular weight is 823 g/mol. The van der Waals surface area contributed by atoms with Crippen LogP contribution in [0.1, 0.15) is 0 Å². The van der Waals surface area contributed by atoms with Crippen molar-refractivity contribution in [2.75, 3.05) is 9.80 Å². The lowest BCUT2D eigenvalue weighted by Gasteiger charge is -2.28. The second kappa shape index (κ2) is 16.8. The van der Waals surface area contributed by atoms with Gasteiger partial charge in [-0.3, -0.25) is 0 Å². The molecule has 0 amide bonds. The number of hydrogen-bond acceptors (Lipinski definition) is 3. The monoisotopic (exact) mass is 822 g/mol. The lowest BCUT2D eigenvalue weighted by molar-refractivity contribution is 1.26. The van der Waals surface area contributed by atoms with Gasteiger partial charge >= 0.3 is 0 Å². The summed E-state index contributed by atoms with van der Waals surface area (Å²) in [5.41, 5.74) is 15.2. The zero-order valence-electron chi connectivity index (χ0n) is 34.6. The minimum Gasteiger partial charge on any atom is -0.311 e. The standard InChI is InChI=1S/C60H42N2S/c1-7-21-43(22-8-1)56-55(53-33-19-20-34-54(53)58-57(44-23-9-2-10-24-44)59(63-60(56)58)46-25-11-3-12-26-46)45-35-37-50(38-36-45)62(49-31-17-6-18-32-49)52-41-39-51(40-42-52)61(47-27-13-4-14-28-47)48-29-15-5-16-30-48/h1-42H. The van der Waals surface area contributed by atoms with Crippen LogP contribution in [-0.2, 0) is 0 Å². The van der Waals surface area contributed by atoms with E-state index in [1.807, 2.05) is 11.3 Å². The van der Waals surface area contributed by atoms with Crippen LogP contribution in [0.3, 0.4) is 0 Å². The molecule has 0 saturated heterocycles. The first kappa shape index (κ1) is 38.0. The van der Waals surface area contributed by atoms with Crippen LogP contribution in [0.25, 0.3) is 64.7 Å². The van der Waals surface area contributed by atoms with Gasteiger partial charge in [-0.15, -0.1) is 11.3 Å². The van der Waals surface area contributed by atoms with Gasteiger partial charge in [0.2, 0.25) is 0 Å². The molecule has 0 fully saturated rings. The van der Waals surface area contributed by atoms with Gasteiger partial charge in [-0.1, -0.05) is 182 Å². The summed E-state index contributed by atoms with van der Waals surface area (Å²) in [5.74, 6) is 0. The summed E-state index contributed by atoms with van der Waals surface area (Å²) < 4.78 is 1.29. The van der Waals surface area contributed by atoms with Crippen LogP contribution in [0.15, 0.2) is 255 Å². The topological polar surface area (TPSA) is 6.48 Å². The second-order valence-electron chi connectivity index (χ2n) is 15.6. The predicted molar refractivity (Wildman–Crippen MR) is 270 cm³/mol. The quantitative estimate of drug-likeness (QED) is 0.136. The molecule has 0 bridgehead atoms. The number of fused-ring (bicyclic) bond motifs is 3. The van der Waals surface area contributed by atoms with Crippen molar-refractivity contribution in [1.29, 1.82) is 0 Å². The maximum atomic E-state index is 2.35. The third kappa shape index (κ3) is 7.15. The molecule has 0 aliphatic carbocycles. The highest BCUT2D eigenvalue weighted by Crippen LogP contribution is 2.54. The van der Waals surface area contributed by atoms with E-state index >= 15 is 0 Å². The fourth-order valence-corrected chi connectivity index (χ4v) is 10.5. The van der Waals surface area contributed by atoms with E-state index in [1.165, 1.54) is 64.7 Å². The Morgan fingerprint density at radius 3 is 1.00 bits per heavy atom. The molecule has 0 unspecified atom stereocenters. The van der Waals surface area contributed by atoms with Gasteiger partial charge in [0.15, 0.2) is 0 Å². The van der Waals surface area contributed by atoms with Crippen LogP contribution in [0.2, 0.25) is 0 Å². The lowest BCUT2D eigenvalue weighted by Crippen LogP contribution is -2.12. The van der Waals surface area contributed by atoms with Crippen molar-refractivity contribution < 1.29 is 0 Å². The van der Waals surface area contributed by atoms with Gasteiger partial charge in [-0.2, -0.15) is 0 Å². The van der Waals surface area contributed by atoms with Gasteiger partial charge in [-0.25, -0.2) is 0 Å². The summed E-state index contributed by atoms with van der Waals surface area (Å²) in [4.78, 5) is 5.93. The van der Waals surface area contributed by atoms with Gasteiger partial charge in [0.25, 0.3) is 0 Å². The normalized spacial score (nSPS) is 11.2. The number of benzene rings is 10. The van der Waals surface area contributed by atoms with E-state index in [1.54, 1.807) is 0 Å². The Morgan fingerprint density at radius 1 is 0.238 bits per heavy atom. The van der Waals surface area contributed by atoms with E-state index in [-0.39, 0.29) is 0 Å². The zero-order chi connectivity index (χ0) is 42.0. The average Bonchev–Trinajstić information content (AvgIpc) is 3.77. The van der Waals surface area contributed by atoms with Crippen molar-refractivity contribution in [1.82, 2.24) is 0 Å². The Kier molecular flexibility index (Phi) is 10.1. The van der Waals surface area contributed by atoms with Crippen LogP contribution in [0.4, 0.5) is 34.1 Å².